The third-order valence-electron chi connectivity index (χ3n) is 9.66. The van der Waals surface area contributed by atoms with Gasteiger partial charge in [0.15, 0.2) is 6.10 Å². The zero-order valence-corrected chi connectivity index (χ0v) is 38.9. The monoisotopic (exact) mass is 852 g/mol. The number of hydrogen-bond donors (Lipinski definition) is 1. The Kier molecular flexibility index (Phi) is 38.2. The Morgan fingerprint density at radius 2 is 1.12 bits per heavy atom. The molecule has 0 bridgehead atoms. The fraction of sp³-hybridized carbons (Fsp3) is 0.750. The second-order valence-corrected chi connectivity index (χ2v) is 18.0. The van der Waals surface area contributed by atoms with E-state index in [0.29, 0.717) is 30.3 Å². The van der Waals surface area contributed by atoms with Crippen molar-refractivity contribution in [2.45, 2.75) is 187 Å². The standard InChI is InChI=1S/C48H86NO9P/c1-6-8-10-12-14-16-18-20-21-22-23-25-27-29-31-33-35-39-47(51)55-43-46(44-57-59(53,54)56-42-41-49(3,4)5)58-48(52)40-36-38-45(50)37-34-32-30-28-26-24-19-17-15-13-11-9-7-2/h9,11,15,17,24,26,30,32,34,37,45-46,50H,6-8,10,12-14,16,18-23,25,27-29,31,33,35-36,38-44H2,1-5H3/b11-9-,17-15-,26-24-,32-30-,37-34+/t45?,46-/m1/s1. The van der Waals surface area contributed by atoms with E-state index >= 15 is 0 Å². The molecule has 0 amide bonds. The van der Waals surface area contributed by atoms with E-state index < -0.39 is 38.6 Å². The van der Waals surface area contributed by atoms with E-state index in [1.165, 1.54) is 83.5 Å². The summed E-state index contributed by atoms with van der Waals surface area (Å²) in [6, 6.07) is 0. The van der Waals surface area contributed by atoms with Gasteiger partial charge in [-0.25, -0.2) is 0 Å². The largest absolute Gasteiger partial charge is 0.756 e. The fourth-order valence-corrected chi connectivity index (χ4v) is 6.76. The Morgan fingerprint density at radius 1 is 0.627 bits per heavy atom. The van der Waals surface area contributed by atoms with Crippen LogP contribution in [-0.2, 0) is 32.7 Å². The molecule has 0 fully saturated rings. The molecular formula is C48H86NO9P. The summed E-state index contributed by atoms with van der Waals surface area (Å²) in [6.45, 7) is 3.89. The third kappa shape index (κ3) is 43.6. The highest BCUT2D eigenvalue weighted by Crippen LogP contribution is 2.38. The van der Waals surface area contributed by atoms with Crippen molar-refractivity contribution in [3.63, 3.8) is 0 Å². The van der Waals surface area contributed by atoms with Crippen molar-refractivity contribution in [1.29, 1.82) is 0 Å². The normalized spacial score (nSPS) is 14.6. The molecule has 0 spiro atoms. The first-order valence-corrected chi connectivity index (χ1v) is 24.6. The topological polar surface area (TPSA) is 131 Å². The zero-order chi connectivity index (χ0) is 43.7. The van der Waals surface area contributed by atoms with E-state index in [9.17, 15) is 24.2 Å². The van der Waals surface area contributed by atoms with Gasteiger partial charge in [-0.2, -0.15) is 0 Å². The SMILES string of the molecule is CC/C=C\C/C=C\C/C=C\C/C=C\C=C\C(O)CCCC(=O)O[C@H](COC(=O)CCCCCCCCCCCCCCCCCCC)COP(=O)([O-])OCC[N+](C)(C)C. The predicted octanol–water partition coefficient (Wildman–Crippen LogP) is 11.6. The first-order valence-electron chi connectivity index (χ1n) is 23.1. The van der Waals surface area contributed by atoms with Gasteiger partial charge in [0.05, 0.1) is 33.9 Å². The number of nitrogens with zero attached hydrogens (tertiary/aromatic N) is 1. The maximum atomic E-state index is 12.7. The van der Waals surface area contributed by atoms with Gasteiger partial charge >= 0.3 is 11.9 Å². The van der Waals surface area contributed by atoms with Gasteiger partial charge in [0.1, 0.15) is 19.8 Å². The second-order valence-electron chi connectivity index (χ2n) is 16.6. The molecule has 0 rings (SSSR count). The molecule has 0 aliphatic carbocycles. The number of ether oxygens (including phenoxy) is 2. The van der Waals surface area contributed by atoms with Crippen molar-refractivity contribution in [2.24, 2.45) is 0 Å². The van der Waals surface area contributed by atoms with Crippen LogP contribution in [0.3, 0.4) is 0 Å². The summed E-state index contributed by atoms with van der Waals surface area (Å²) in [5, 5.41) is 10.3. The Bertz CT molecular complexity index is 1210. The minimum Gasteiger partial charge on any atom is -0.756 e. The van der Waals surface area contributed by atoms with Gasteiger partial charge in [0.2, 0.25) is 0 Å². The molecular weight excluding hydrogens is 766 g/mol. The molecule has 3 atom stereocenters. The molecule has 1 N–H and O–H groups in total. The van der Waals surface area contributed by atoms with Gasteiger partial charge in [-0.3, -0.25) is 14.2 Å². The molecule has 11 heteroatoms. The third-order valence-corrected chi connectivity index (χ3v) is 10.6. The molecule has 10 nitrogen and oxygen atoms in total. The summed E-state index contributed by atoms with van der Waals surface area (Å²) in [4.78, 5) is 37.6. The Hall–Kier alpha value is -2.33. The van der Waals surface area contributed by atoms with E-state index in [4.69, 9.17) is 18.5 Å². The van der Waals surface area contributed by atoms with E-state index in [-0.39, 0.29) is 26.1 Å². The molecule has 0 aromatic heterocycles. The summed E-state index contributed by atoms with van der Waals surface area (Å²) in [5.41, 5.74) is 0. The Morgan fingerprint density at radius 3 is 1.64 bits per heavy atom. The summed E-state index contributed by atoms with van der Waals surface area (Å²) < 4.78 is 33.8. The average Bonchev–Trinajstić information content (AvgIpc) is 3.18. The molecule has 0 saturated heterocycles. The lowest BCUT2D eigenvalue weighted by atomic mass is 10.0. The molecule has 0 aliphatic rings. The molecule has 0 aromatic rings. The predicted molar refractivity (Wildman–Crippen MR) is 242 cm³/mol. The van der Waals surface area contributed by atoms with Gasteiger partial charge in [-0.05, 0) is 44.9 Å². The molecule has 2 unspecified atom stereocenters. The summed E-state index contributed by atoms with van der Waals surface area (Å²) in [6.07, 6.45) is 44.2. The number of phosphoric acid groups is 1. The quantitative estimate of drug-likeness (QED) is 0.0159. The number of quaternary nitrogens is 1. The van der Waals surface area contributed by atoms with Crippen molar-refractivity contribution < 1.29 is 47.2 Å². The van der Waals surface area contributed by atoms with Crippen LogP contribution in [0.15, 0.2) is 60.8 Å². The van der Waals surface area contributed by atoms with Gasteiger partial charge in [-0.1, -0.05) is 177 Å². The van der Waals surface area contributed by atoms with Crippen molar-refractivity contribution in [3.8, 4) is 0 Å². The van der Waals surface area contributed by atoms with E-state index in [0.717, 1.165) is 44.9 Å². The number of rotatable bonds is 41. The number of carbonyl (C=O) groups is 2. The summed E-state index contributed by atoms with van der Waals surface area (Å²) in [5.74, 6) is -1.04. The van der Waals surface area contributed by atoms with Crippen molar-refractivity contribution >= 4 is 19.8 Å². The number of allylic oxidation sites excluding steroid dienone is 9. The maximum absolute atomic E-state index is 12.7. The number of esters is 2. The minimum atomic E-state index is -4.68. The molecule has 59 heavy (non-hydrogen) atoms. The lowest BCUT2D eigenvalue weighted by Crippen LogP contribution is -2.37. The lowest BCUT2D eigenvalue weighted by molar-refractivity contribution is -0.870. The molecule has 0 saturated carbocycles. The van der Waals surface area contributed by atoms with Crippen LogP contribution in [0, 0.1) is 0 Å². The fourth-order valence-electron chi connectivity index (χ4n) is 6.04. The lowest BCUT2D eigenvalue weighted by Gasteiger charge is -2.28. The van der Waals surface area contributed by atoms with Crippen LogP contribution in [0.4, 0.5) is 0 Å². The van der Waals surface area contributed by atoms with Crippen LogP contribution in [0.25, 0.3) is 0 Å². The number of carbonyl (C=O) groups excluding carboxylic acids is 2. The van der Waals surface area contributed by atoms with Gasteiger partial charge in [-0.15, -0.1) is 0 Å². The van der Waals surface area contributed by atoms with E-state index in [2.05, 4.69) is 50.3 Å². The first kappa shape index (κ1) is 56.7. The van der Waals surface area contributed by atoms with Gasteiger partial charge < -0.3 is 33.0 Å². The number of aliphatic hydroxyl groups excluding tert-OH is 1. The highest BCUT2D eigenvalue weighted by Gasteiger charge is 2.22. The maximum Gasteiger partial charge on any atom is 0.306 e. The average molecular weight is 852 g/mol. The molecule has 342 valence electrons. The molecule has 0 radical (unpaired) electrons. The highest BCUT2D eigenvalue weighted by atomic mass is 31.2. The Labute approximate surface area is 360 Å². The van der Waals surface area contributed by atoms with Crippen LogP contribution in [0.1, 0.15) is 174 Å². The van der Waals surface area contributed by atoms with E-state index in [1.807, 2.05) is 33.3 Å². The van der Waals surface area contributed by atoms with Crippen LogP contribution in [0.2, 0.25) is 0 Å². The van der Waals surface area contributed by atoms with Crippen LogP contribution in [-0.4, -0.2) is 81.2 Å². The summed E-state index contributed by atoms with van der Waals surface area (Å²) in [7, 11) is 1.04. The van der Waals surface area contributed by atoms with Crippen LogP contribution < -0.4 is 4.89 Å². The number of unbranched alkanes of at least 4 members (excludes halogenated alkanes) is 16. The van der Waals surface area contributed by atoms with Crippen molar-refractivity contribution in [1.82, 2.24) is 0 Å². The van der Waals surface area contributed by atoms with Crippen LogP contribution >= 0.6 is 7.82 Å². The molecule has 0 heterocycles. The number of aliphatic hydroxyl groups is 1. The molecule has 0 aliphatic heterocycles. The number of phosphoric ester groups is 1. The number of hydrogen-bond acceptors (Lipinski definition) is 9. The zero-order valence-electron chi connectivity index (χ0n) is 38.0. The van der Waals surface area contributed by atoms with Gasteiger partial charge in [0, 0.05) is 12.8 Å². The molecule has 0 aromatic carbocycles. The van der Waals surface area contributed by atoms with Crippen molar-refractivity contribution in [3.05, 3.63) is 60.8 Å². The smallest absolute Gasteiger partial charge is 0.306 e. The van der Waals surface area contributed by atoms with Crippen LogP contribution in [0.5, 0.6) is 0 Å². The Balaban J connectivity index is 4.51. The minimum absolute atomic E-state index is 0.00634. The highest BCUT2D eigenvalue weighted by molar-refractivity contribution is 7.45. The first-order chi connectivity index (χ1) is 28.4. The number of likely N-dealkylation sites (N-methyl/N-ethyl adjacent to an activating group) is 1. The summed E-state index contributed by atoms with van der Waals surface area (Å²) >= 11 is 0. The second kappa shape index (κ2) is 39.8. The van der Waals surface area contributed by atoms with Crippen molar-refractivity contribution in [2.75, 3.05) is 47.5 Å². The van der Waals surface area contributed by atoms with Gasteiger partial charge in [0.25, 0.3) is 7.82 Å². The van der Waals surface area contributed by atoms with E-state index in [1.54, 1.807) is 12.2 Å².